The summed E-state index contributed by atoms with van der Waals surface area (Å²) in [6.45, 7) is 6.58. The van der Waals surface area contributed by atoms with Crippen LogP contribution < -0.4 is 5.32 Å². The van der Waals surface area contributed by atoms with Gasteiger partial charge in [0.15, 0.2) is 5.78 Å². The third-order valence-electron chi connectivity index (χ3n) is 10.1. The molecule has 50 heavy (non-hydrogen) atoms. The van der Waals surface area contributed by atoms with Crippen molar-refractivity contribution in [3.05, 3.63) is 63.7 Å². The van der Waals surface area contributed by atoms with E-state index in [1.165, 1.54) is 17.4 Å². The molecule has 1 atom stereocenters. The predicted molar refractivity (Wildman–Crippen MR) is 191 cm³/mol. The Labute approximate surface area is 300 Å². The fourth-order valence-electron chi connectivity index (χ4n) is 7.45. The van der Waals surface area contributed by atoms with Crippen molar-refractivity contribution in [2.24, 2.45) is 5.92 Å². The van der Waals surface area contributed by atoms with Crippen LogP contribution in [0, 0.1) is 11.7 Å². The van der Waals surface area contributed by atoms with Gasteiger partial charge in [-0.15, -0.1) is 11.3 Å². The Balaban J connectivity index is 1.27. The highest BCUT2D eigenvalue weighted by Crippen LogP contribution is 2.38. The average Bonchev–Trinajstić information content (AvgIpc) is 3.81. The molecule has 3 aromatic rings. The largest absolute Gasteiger partial charge is 0.466 e. The second kappa shape index (κ2) is 15.9. The molecule has 3 aliphatic rings. The van der Waals surface area contributed by atoms with Gasteiger partial charge in [-0.1, -0.05) is 29.8 Å². The van der Waals surface area contributed by atoms with Crippen molar-refractivity contribution >= 4 is 62.3 Å². The molecule has 13 heteroatoms. The monoisotopic (exact) mass is 726 g/mol. The molecular formula is C37H44ClFN4O6S. The standard InChI is InChI=1S/C37H44ClFN4O6S/c1-3-41-17-18-43(22-34(41)45)37(42-15-7-8-16-42,49-26-13-11-24(12-14-26)36(47)48-4-2)33(44)20-25-19-29(38)31(21-30(25)39)40-35(46)28-23-50-32-10-6-5-9-27(28)32/h5-6,9-10,19,21,23-24,26H,3-4,7-8,11-18,20,22H2,1-2H3,(H,40,46)/t24-,26-,37?. The number of anilines is 1. The van der Waals surface area contributed by atoms with Crippen molar-refractivity contribution in [2.75, 3.05) is 51.2 Å². The normalized spacial score (nSPS) is 21.7. The molecule has 1 aromatic heterocycles. The number of piperazine rings is 1. The second-order valence-corrected chi connectivity index (χ2v) is 14.5. The number of thiophene rings is 1. The van der Waals surface area contributed by atoms with Gasteiger partial charge in [-0.05, 0) is 76.1 Å². The summed E-state index contributed by atoms with van der Waals surface area (Å²) in [5.41, 5.74) is 0.626. The summed E-state index contributed by atoms with van der Waals surface area (Å²) in [7, 11) is 0. The van der Waals surface area contributed by atoms with E-state index in [4.69, 9.17) is 21.1 Å². The van der Waals surface area contributed by atoms with Gasteiger partial charge in [-0.25, -0.2) is 9.29 Å². The van der Waals surface area contributed by atoms with Gasteiger partial charge in [0.2, 0.25) is 11.8 Å². The predicted octanol–water partition coefficient (Wildman–Crippen LogP) is 6.11. The van der Waals surface area contributed by atoms with Crippen molar-refractivity contribution in [2.45, 2.75) is 70.7 Å². The summed E-state index contributed by atoms with van der Waals surface area (Å²) in [4.78, 5) is 59.3. The Morgan fingerprint density at radius 1 is 1.02 bits per heavy atom. The van der Waals surface area contributed by atoms with E-state index in [-0.39, 0.29) is 58.9 Å². The Hall–Kier alpha value is -3.42. The van der Waals surface area contributed by atoms with Gasteiger partial charge < -0.3 is 19.7 Å². The molecule has 1 N–H and O–H groups in total. The van der Waals surface area contributed by atoms with Gasteiger partial charge in [0.1, 0.15) is 5.82 Å². The van der Waals surface area contributed by atoms with E-state index in [1.807, 2.05) is 41.0 Å². The number of rotatable bonds is 12. The number of esters is 1. The summed E-state index contributed by atoms with van der Waals surface area (Å²) >= 11 is 8.08. The number of hydrogen-bond acceptors (Lipinski definition) is 9. The molecule has 10 nitrogen and oxygen atoms in total. The summed E-state index contributed by atoms with van der Waals surface area (Å²) in [6, 6.07) is 10.1. The molecule has 0 radical (unpaired) electrons. The second-order valence-electron chi connectivity index (χ2n) is 13.2. The molecule has 3 heterocycles. The smallest absolute Gasteiger partial charge is 0.308 e. The molecule has 6 rings (SSSR count). The molecule has 2 saturated heterocycles. The number of amides is 2. The van der Waals surface area contributed by atoms with Crippen molar-refractivity contribution in [1.29, 1.82) is 0 Å². The number of nitrogens with one attached hydrogen (secondary N) is 1. The molecule has 3 fully saturated rings. The lowest BCUT2D eigenvalue weighted by molar-refractivity contribution is -0.259. The highest BCUT2D eigenvalue weighted by Gasteiger charge is 2.54. The summed E-state index contributed by atoms with van der Waals surface area (Å²) in [5, 5.41) is 5.38. The number of fused-ring (bicyclic) bond motifs is 1. The number of carbonyl (C=O) groups excluding carboxylic acids is 4. The van der Waals surface area contributed by atoms with Crippen molar-refractivity contribution in [3.63, 3.8) is 0 Å². The van der Waals surface area contributed by atoms with Gasteiger partial charge in [-0.2, -0.15) is 0 Å². The lowest BCUT2D eigenvalue weighted by Crippen LogP contribution is -2.71. The Morgan fingerprint density at radius 2 is 1.76 bits per heavy atom. The summed E-state index contributed by atoms with van der Waals surface area (Å²) in [6.07, 6.45) is 3.22. The van der Waals surface area contributed by atoms with Crippen LogP contribution in [-0.2, 0) is 30.3 Å². The fourth-order valence-corrected chi connectivity index (χ4v) is 8.62. The fraction of sp³-hybridized carbons (Fsp3) is 0.514. The molecule has 1 unspecified atom stereocenters. The minimum Gasteiger partial charge on any atom is -0.466 e. The number of likely N-dealkylation sites (N-methyl/N-ethyl adjacent to an activating group) is 1. The van der Waals surface area contributed by atoms with Crippen LogP contribution in [0.5, 0.6) is 0 Å². The number of benzene rings is 2. The highest BCUT2D eigenvalue weighted by atomic mass is 35.5. The first-order chi connectivity index (χ1) is 24.1. The SMILES string of the molecule is CCOC(=O)[C@H]1CC[C@H](OC(C(=O)Cc2cc(Cl)c(NC(=O)c3csc4ccccc34)cc2F)(N2CCCC2)N2CCN(CC)C(=O)C2)CC1. The van der Waals surface area contributed by atoms with Crippen LogP contribution >= 0.6 is 22.9 Å². The molecule has 268 valence electrons. The van der Waals surface area contributed by atoms with Gasteiger partial charge in [0.25, 0.3) is 5.91 Å². The van der Waals surface area contributed by atoms with E-state index in [2.05, 4.69) is 5.32 Å². The number of Topliss-reactive ketones (excluding diaryl/α,β-unsaturated/α-hetero) is 1. The Kier molecular flexibility index (Phi) is 11.5. The van der Waals surface area contributed by atoms with E-state index >= 15 is 4.39 Å². The number of likely N-dealkylation sites (tertiary alicyclic amines) is 1. The van der Waals surface area contributed by atoms with E-state index in [1.54, 1.807) is 17.2 Å². The van der Waals surface area contributed by atoms with Crippen LogP contribution in [-0.4, -0.2) is 96.1 Å². The third kappa shape index (κ3) is 7.45. The first-order valence-electron chi connectivity index (χ1n) is 17.6. The quantitative estimate of drug-likeness (QED) is 0.223. The maximum absolute atomic E-state index is 15.9. The molecule has 2 aromatic carbocycles. The van der Waals surface area contributed by atoms with Crippen LogP contribution in [0.4, 0.5) is 10.1 Å². The Morgan fingerprint density at radius 3 is 2.46 bits per heavy atom. The maximum atomic E-state index is 15.9. The topological polar surface area (TPSA) is 108 Å². The number of ketones is 1. The van der Waals surface area contributed by atoms with Crippen LogP contribution in [0.15, 0.2) is 41.8 Å². The average molecular weight is 727 g/mol. The minimum atomic E-state index is -1.61. The zero-order chi connectivity index (χ0) is 35.4. The van der Waals surface area contributed by atoms with Gasteiger partial charge in [0.05, 0.1) is 41.4 Å². The third-order valence-corrected chi connectivity index (χ3v) is 11.4. The lowest BCUT2D eigenvalue weighted by atomic mass is 9.87. The van der Waals surface area contributed by atoms with Crippen molar-refractivity contribution in [3.8, 4) is 0 Å². The van der Waals surface area contributed by atoms with Gasteiger partial charge in [0, 0.05) is 54.6 Å². The number of carbonyl (C=O) groups is 4. The first kappa shape index (κ1) is 36.4. The van der Waals surface area contributed by atoms with Crippen LogP contribution in [0.2, 0.25) is 5.02 Å². The molecule has 2 amide bonds. The number of halogens is 2. The van der Waals surface area contributed by atoms with Crippen LogP contribution in [0.3, 0.4) is 0 Å². The van der Waals surface area contributed by atoms with E-state index < -0.39 is 17.6 Å². The molecule has 2 aliphatic heterocycles. The van der Waals surface area contributed by atoms with Gasteiger partial charge in [-0.3, -0.25) is 24.1 Å². The van der Waals surface area contributed by atoms with Crippen molar-refractivity contribution < 1.29 is 33.0 Å². The Bertz CT molecular complexity index is 1740. The zero-order valence-electron chi connectivity index (χ0n) is 28.6. The van der Waals surface area contributed by atoms with Gasteiger partial charge >= 0.3 is 5.97 Å². The number of hydrogen-bond donors (Lipinski definition) is 1. The van der Waals surface area contributed by atoms with E-state index in [9.17, 15) is 19.2 Å². The molecule has 1 aliphatic carbocycles. The zero-order valence-corrected chi connectivity index (χ0v) is 30.1. The summed E-state index contributed by atoms with van der Waals surface area (Å²) < 4.78 is 29.1. The number of nitrogens with zero attached hydrogens (tertiary/aromatic N) is 3. The van der Waals surface area contributed by atoms with E-state index in [0.29, 0.717) is 70.6 Å². The van der Waals surface area contributed by atoms with Crippen molar-refractivity contribution in [1.82, 2.24) is 14.7 Å². The van der Waals surface area contributed by atoms with Crippen LogP contribution in [0.25, 0.3) is 10.1 Å². The molecular weight excluding hydrogens is 683 g/mol. The first-order valence-corrected chi connectivity index (χ1v) is 18.8. The van der Waals surface area contributed by atoms with E-state index in [0.717, 1.165) is 29.0 Å². The molecule has 0 bridgehead atoms. The highest BCUT2D eigenvalue weighted by molar-refractivity contribution is 7.17. The summed E-state index contributed by atoms with van der Waals surface area (Å²) in [5.74, 6) is -3.65. The maximum Gasteiger partial charge on any atom is 0.308 e. The molecule has 0 spiro atoms. The van der Waals surface area contributed by atoms with Crippen LogP contribution in [0.1, 0.15) is 68.3 Å². The minimum absolute atomic E-state index is 0.0142. The molecule has 1 saturated carbocycles. The lowest BCUT2D eigenvalue weighted by Gasteiger charge is -2.51. The number of ether oxygens (including phenoxy) is 2.